The van der Waals surface area contributed by atoms with Crippen LogP contribution in [0.5, 0.6) is 0 Å². The number of aromatic amines is 1. The van der Waals surface area contributed by atoms with Crippen LogP contribution in [-0.4, -0.2) is 32.5 Å². The molecular formula is C9H10N5O6P-2. The topological polar surface area (TPSA) is 179 Å². The number of rotatable bonds is 5. The van der Waals surface area contributed by atoms with Gasteiger partial charge in [0.15, 0.2) is 5.52 Å². The highest BCUT2D eigenvalue weighted by Gasteiger charge is 2.10. The van der Waals surface area contributed by atoms with Gasteiger partial charge < -0.3 is 29.4 Å². The van der Waals surface area contributed by atoms with Gasteiger partial charge in [0, 0.05) is 6.54 Å². The maximum Gasteiger partial charge on any atom is 0.301 e. The third kappa shape index (κ3) is 3.73. The Kier molecular flexibility index (Phi) is 4.19. The summed E-state index contributed by atoms with van der Waals surface area (Å²) in [5.74, 6) is -0.343. The number of aromatic nitrogens is 4. The highest BCUT2D eigenvalue weighted by Crippen LogP contribution is 2.21. The quantitative estimate of drug-likeness (QED) is 0.428. The van der Waals surface area contributed by atoms with Crippen LogP contribution in [0.2, 0.25) is 0 Å². The molecule has 0 atom stereocenters. The molecule has 0 amide bonds. The fourth-order valence-corrected chi connectivity index (χ4v) is 2.00. The normalized spacial score (nSPS) is 11.9. The SMILES string of the molecule is Nc1nc(=O)c2ncn(CCOCP(=O)([O-])[O-])c2c(=O)[nH]1. The van der Waals surface area contributed by atoms with Crippen LogP contribution in [0.4, 0.5) is 5.95 Å². The molecule has 114 valence electrons. The second-order valence-electron chi connectivity index (χ2n) is 4.04. The van der Waals surface area contributed by atoms with Gasteiger partial charge in [-0.15, -0.1) is 0 Å². The van der Waals surface area contributed by atoms with Crippen LogP contribution in [0.15, 0.2) is 15.9 Å². The van der Waals surface area contributed by atoms with E-state index in [2.05, 4.69) is 19.7 Å². The molecule has 0 unspecified atom stereocenters. The van der Waals surface area contributed by atoms with Crippen LogP contribution in [0.3, 0.4) is 0 Å². The standard InChI is InChI=1S/C9H12N5O6P/c10-9-12-7(15)5-6(8(16)13-9)14(3-11-5)1-2-20-4-21(17,18)19/h3H,1-2,4H2,(H2,17,18,19)(H3,10,12,13,15,16)/p-2. The molecule has 2 rings (SSSR count). The highest BCUT2D eigenvalue weighted by atomic mass is 31.2. The Balaban J connectivity index is 2.29. The average Bonchev–Trinajstić information content (AvgIpc) is 2.72. The van der Waals surface area contributed by atoms with Crippen LogP contribution >= 0.6 is 7.60 Å². The molecule has 0 bridgehead atoms. The van der Waals surface area contributed by atoms with Gasteiger partial charge in [-0.1, -0.05) is 0 Å². The van der Waals surface area contributed by atoms with E-state index < -0.39 is 25.1 Å². The molecule has 0 fully saturated rings. The number of nitrogens with zero attached hydrogens (tertiary/aromatic N) is 3. The van der Waals surface area contributed by atoms with Gasteiger partial charge in [-0.2, -0.15) is 4.98 Å². The number of hydrogen-bond donors (Lipinski definition) is 2. The van der Waals surface area contributed by atoms with E-state index in [0.717, 1.165) is 0 Å². The van der Waals surface area contributed by atoms with Crippen molar-refractivity contribution in [3.8, 4) is 0 Å². The summed E-state index contributed by atoms with van der Waals surface area (Å²) in [4.78, 5) is 53.7. The molecule has 2 heterocycles. The van der Waals surface area contributed by atoms with Gasteiger partial charge >= 0.3 is 5.56 Å². The summed E-state index contributed by atoms with van der Waals surface area (Å²) in [6.45, 7) is -0.141. The molecule has 2 aromatic heterocycles. The average molecular weight is 315 g/mol. The highest BCUT2D eigenvalue weighted by molar-refractivity contribution is 7.48. The van der Waals surface area contributed by atoms with Gasteiger partial charge in [-0.3, -0.25) is 14.6 Å². The molecule has 3 N–H and O–H groups in total. The number of nitrogen functional groups attached to an aromatic ring is 1. The number of imidazole rings is 1. The molecule has 0 aliphatic carbocycles. The maximum absolute atomic E-state index is 11.9. The van der Waals surface area contributed by atoms with Crippen LogP contribution in [-0.2, 0) is 15.8 Å². The lowest BCUT2D eigenvalue weighted by Gasteiger charge is -2.28. The second kappa shape index (κ2) is 5.74. The van der Waals surface area contributed by atoms with E-state index in [4.69, 9.17) is 5.73 Å². The van der Waals surface area contributed by atoms with Gasteiger partial charge in [0.25, 0.3) is 5.56 Å². The van der Waals surface area contributed by atoms with E-state index in [1.807, 2.05) is 0 Å². The molecule has 12 heteroatoms. The van der Waals surface area contributed by atoms with Gasteiger partial charge in [-0.05, 0) is 7.60 Å². The number of nitrogens with one attached hydrogen (secondary N) is 1. The van der Waals surface area contributed by atoms with E-state index >= 15 is 0 Å². The van der Waals surface area contributed by atoms with Crippen LogP contribution in [0.1, 0.15) is 0 Å². The van der Waals surface area contributed by atoms with Gasteiger partial charge in [0.1, 0.15) is 5.52 Å². The zero-order valence-electron chi connectivity index (χ0n) is 10.5. The summed E-state index contributed by atoms with van der Waals surface area (Å²) in [7, 11) is -4.75. The third-order valence-electron chi connectivity index (χ3n) is 2.44. The number of nitrogens with two attached hydrogens (primary N) is 1. The summed E-state index contributed by atoms with van der Waals surface area (Å²) in [6.07, 6.45) is 0.252. The summed E-state index contributed by atoms with van der Waals surface area (Å²) < 4.78 is 16.3. The second-order valence-corrected chi connectivity index (χ2v) is 5.52. The Labute approximate surface area is 116 Å². The largest absolute Gasteiger partial charge is 0.809 e. The molecular weight excluding hydrogens is 305 g/mol. The molecule has 21 heavy (non-hydrogen) atoms. The third-order valence-corrected chi connectivity index (χ3v) is 2.94. The molecule has 0 aromatic carbocycles. The molecule has 0 aliphatic rings. The molecule has 0 aliphatic heterocycles. The van der Waals surface area contributed by atoms with Gasteiger partial charge in [0.05, 0.1) is 19.3 Å². The van der Waals surface area contributed by atoms with E-state index in [1.54, 1.807) is 0 Å². The molecule has 0 spiro atoms. The summed E-state index contributed by atoms with van der Waals surface area (Å²) in [5.41, 5.74) is 3.62. The zero-order valence-corrected chi connectivity index (χ0v) is 11.4. The molecule has 0 saturated carbocycles. The fraction of sp³-hybridized carbons (Fsp3) is 0.333. The number of H-pyrrole nitrogens is 1. The predicted octanol–water partition coefficient (Wildman–Crippen LogP) is -3.05. The molecule has 0 radical (unpaired) electrons. The number of fused-ring (bicyclic) bond motifs is 1. The lowest BCUT2D eigenvalue weighted by molar-refractivity contribution is -0.318. The predicted molar refractivity (Wildman–Crippen MR) is 67.3 cm³/mol. The van der Waals surface area contributed by atoms with Gasteiger partial charge in [0.2, 0.25) is 5.95 Å². The number of hydrogen-bond acceptors (Lipinski definition) is 9. The van der Waals surface area contributed by atoms with E-state index in [9.17, 15) is 23.9 Å². The number of anilines is 1. The van der Waals surface area contributed by atoms with Gasteiger partial charge in [-0.25, -0.2) is 4.98 Å². The first-order chi connectivity index (χ1) is 9.78. The molecule has 2 aromatic rings. The van der Waals surface area contributed by atoms with E-state index in [0.29, 0.717) is 0 Å². The van der Waals surface area contributed by atoms with E-state index in [-0.39, 0.29) is 30.1 Å². The molecule has 11 nitrogen and oxygen atoms in total. The maximum atomic E-state index is 11.9. The smallest absolute Gasteiger partial charge is 0.301 e. The first-order valence-corrected chi connectivity index (χ1v) is 7.34. The van der Waals surface area contributed by atoms with Crippen molar-refractivity contribution in [1.29, 1.82) is 0 Å². The minimum absolute atomic E-state index is 0.0168. The van der Waals surface area contributed by atoms with Crippen molar-refractivity contribution in [2.45, 2.75) is 6.54 Å². The van der Waals surface area contributed by atoms with Crippen molar-refractivity contribution in [2.75, 3.05) is 18.7 Å². The van der Waals surface area contributed by atoms with Crippen molar-refractivity contribution in [3.05, 3.63) is 27.0 Å². The first kappa shape index (κ1) is 15.3. The van der Waals surface area contributed by atoms with Crippen molar-refractivity contribution >= 4 is 24.6 Å². The monoisotopic (exact) mass is 315 g/mol. The van der Waals surface area contributed by atoms with Crippen LogP contribution in [0.25, 0.3) is 11.0 Å². The molecule has 0 saturated heterocycles. The Hall–Kier alpha value is -2.07. The van der Waals surface area contributed by atoms with Crippen molar-refractivity contribution < 1.29 is 19.1 Å². The Bertz CT molecular complexity index is 823. The zero-order chi connectivity index (χ0) is 15.6. The Morgan fingerprint density at radius 1 is 1.43 bits per heavy atom. The van der Waals surface area contributed by atoms with Crippen molar-refractivity contribution in [2.24, 2.45) is 0 Å². The first-order valence-electron chi connectivity index (χ1n) is 5.62. The Morgan fingerprint density at radius 2 is 2.14 bits per heavy atom. The number of ether oxygens (including phenoxy) is 1. The summed E-state index contributed by atoms with van der Waals surface area (Å²) in [5, 5.41) is 0. The van der Waals surface area contributed by atoms with Crippen LogP contribution < -0.4 is 26.6 Å². The summed E-state index contributed by atoms with van der Waals surface area (Å²) >= 11 is 0. The minimum atomic E-state index is -4.75. The van der Waals surface area contributed by atoms with Crippen molar-refractivity contribution in [3.63, 3.8) is 0 Å². The lowest BCUT2D eigenvalue weighted by atomic mass is 10.4. The minimum Gasteiger partial charge on any atom is -0.809 e. The van der Waals surface area contributed by atoms with Crippen molar-refractivity contribution in [1.82, 2.24) is 19.5 Å². The fourth-order valence-electron chi connectivity index (χ4n) is 1.65. The summed E-state index contributed by atoms with van der Waals surface area (Å²) in [6, 6.07) is 0. The van der Waals surface area contributed by atoms with E-state index in [1.165, 1.54) is 10.9 Å². The Morgan fingerprint density at radius 3 is 2.81 bits per heavy atom. The van der Waals surface area contributed by atoms with Crippen LogP contribution in [0, 0.1) is 0 Å². The lowest BCUT2D eigenvalue weighted by Crippen LogP contribution is -2.20.